The van der Waals surface area contributed by atoms with E-state index in [-0.39, 0.29) is 12.3 Å². The van der Waals surface area contributed by atoms with Gasteiger partial charge in [0, 0.05) is 5.71 Å². The topological polar surface area (TPSA) is 21.6 Å². The van der Waals surface area contributed by atoms with Gasteiger partial charge in [0.2, 0.25) is 0 Å². The zero-order chi connectivity index (χ0) is 9.14. The molecule has 0 fully saturated rings. The quantitative estimate of drug-likeness (QED) is 0.636. The molecule has 0 bridgehead atoms. The molecule has 1 rings (SSSR count). The number of aliphatic imine (C=N–C) groups is 1. The van der Waals surface area contributed by atoms with Crippen LogP contribution < -0.4 is 0 Å². The van der Waals surface area contributed by atoms with Crippen molar-refractivity contribution in [3.05, 3.63) is 0 Å². The minimum Gasteiger partial charge on any atom is -0.348 e. The van der Waals surface area contributed by atoms with Crippen LogP contribution in [0.3, 0.4) is 0 Å². The van der Waals surface area contributed by atoms with Crippen LogP contribution in [0.2, 0.25) is 0 Å². The number of rotatable bonds is 3. The van der Waals surface area contributed by atoms with Crippen LogP contribution in [0.15, 0.2) is 4.99 Å². The zero-order valence-corrected chi connectivity index (χ0v) is 8.50. The van der Waals surface area contributed by atoms with Gasteiger partial charge in [-0.25, -0.2) is 0 Å². The SMILES string of the molecule is CCC1=NC(CC(C)C)OC1C. The normalized spacial score (nSPS) is 29.6. The summed E-state index contributed by atoms with van der Waals surface area (Å²) in [6, 6.07) is 0. The van der Waals surface area contributed by atoms with Crippen molar-refractivity contribution < 1.29 is 4.74 Å². The fraction of sp³-hybridized carbons (Fsp3) is 0.900. The van der Waals surface area contributed by atoms with Crippen LogP contribution in [0.5, 0.6) is 0 Å². The Balaban J connectivity index is 2.46. The summed E-state index contributed by atoms with van der Waals surface area (Å²) in [5.74, 6) is 0.669. The Hall–Kier alpha value is -0.370. The average molecular weight is 169 g/mol. The first-order valence-electron chi connectivity index (χ1n) is 4.85. The van der Waals surface area contributed by atoms with Gasteiger partial charge >= 0.3 is 0 Å². The van der Waals surface area contributed by atoms with E-state index >= 15 is 0 Å². The fourth-order valence-electron chi connectivity index (χ4n) is 1.52. The molecular formula is C10H19NO. The molecule has 1 heterocycles. The molecule has 1 aliphatic heterocycles. The second-order valence-corrected chi connectivity index (χ2v) is 3.84. The van der Waals surface area contributed by atoms with Crippen LogP contribution in [-0.2, 0) is 4.74 Å². The van der Waals surface area contributed by atoms with E-state index in [1.807, 2.05) is 0 Å². The molecular weight excluding hydrogens is 150 g/mol. The third-order valence-corrected chi connectivity index (χ3v) is 2.18. The van der Waals surface area contributed by atoms with Gasteiger partial charge in [-0.3, -0.25) is 4.99 Å². The second kappa shape index (κ2) is 4.04. The maximum Gasteiger partial charge on any atom is 0.149 e. The smallest absolute Gasteiger partial charge is 0.149 e. The van der Waals surface area contributed by atoms with E-state index in [4.69, 9.17) is 4.74 Å². The van der Waals surface area contributed by atoms with E-state index in [1.165, 1.54) is 5.71 Å². The third-order valence-electron chi connectivity index (χ3n) is 2.18. The Bertz CT molecular complexity index is 175. The lowest BCUT2D eigenvalue weighted by atomic mass is 10.1. The molecule has 0 radical (unpaired) electrons. The Morgan fingerprint density at radius 2 is 2.17 bits per heavy atom. The summed E-state index contributed by atoms with van der Waals surface area (Å²) in [6.45, 7) is 8.63. The molecule has 0 aromatic rings. The monoisotopic (exact) mass is 169 g/mol. The lowest BCUT2D eigenvalue weighted by Gasteiger charge is -2.11. The summed E-state index contributed by atoms with van der Waals surface area (Å²) in [5, 5.41) is 0. The van der Waals surface area contributed by atoms with Crippen molar-refractivity contribution >= 4 is 5.71 Å². The maximum absolute atomic E-state index is 5.67. The first-order valence-corrected chi connectivity index (χ1v) is 4.85. The summed E-state index contributed by atoms with van der Waals surface area (Å²) in [7, 11) is 0. The Morgan fingerprint density at radius 3 is 2.58 bits per heavy atom. The molecule has 2 atom stereocenters. The van der Waals surface area contributed by atoms with Crippen molar-refractivity contribution in [2.75, 3.05) is 0 Å². The minimum absolute atomic E-state index is 0.134. The van der Waals surface area contributed by atoms with Crippen molar-refractivity contribution in [3.8, 4) is 0 Å². The molecule has 2 nitrogen and oxygen atoms in total. The van der Waals surface area contributed by atoms with Crippen molar-refractivity contribution in [2.24, 2.45) is 10.9 Å². The molecule has 0 amide bonds. The molecule has 0 aromatic heterocycles. The predicted molar refractivity (Wildman–Crippen MR) is 51.5 cm³/mol. The largest absolute Gasteiger partial charge is 0.348 e. The first kappa shape index (κ1) is 9.72. The Labute approximate surface area is 75.0 Å². The van der Waals surface area contributed by atoms with Crippen LogP contribution in [-0.4, -0.2) is 18.0 Å². The van der Waals surface area contributed by atoms with Gasteiger partial charge in [-0.2, -0.15) is 0 Å². The van der Waals surface area contributed by atoms with Crippen molar-refractivity contribution in [3.63, 3.8) is 0 Å². The molecule has 0 N–H and O–H groups in total. The number of hydrogen-bond donors (Lipinski definition) is 0. The highest BCUT2D eigenvalue weighted by Gasteiger charge is 2.23. The summed E-state index contributed by atoms with van der Waals surface area (Å²) in [4.78, 5) is 4.52. The molecule has 70 valence electrons. The van der Waals surface area contributed by atoms with Gasteiger partial charge in [-0.1, -0.05) is 20.8 Å². The number of nitrogens with zero attached hydrogens (tertiary/aromatic N) is 1. The van der Waals surface area contributed by atoms with Crippen LogP contribution in [0.25, 0.3) is 0 Å². The fourth-order valence-corrected chi connectivity index (χ4v) is 1.52. The van der Waals surface area contributed by atoms with Gasteiger partial charge in [0.1, 0.15) is 6.23 Å². The molecule has 0 saturated carbocycles. The molecule has 2 unspecified atom stereocenters. The number of hydrogen-bond acceptors (Lipinski definition) is 2. The molecule has 0 aromatic carbocycles. The van der Waals surface area contributed by atoms with Crippen LogP contribution in [0.1, 0.15) is 40.5 Å². The molecule has 12 heavy (non-hydrogen) atoms. The lowest BCUT2D eigenvalue weighted by molar-refractivity contribution is 0.0462. The molecule has 1 aliphatic rings. The van der Waals surface area contributed by atoms with E-state index in [0.717, 1.165) is 12.8 Å². The summed E-state index contributed by atoms with van der Waals surface area (Å²) < 4.78 is 5.67. The van der Waals surface area contributed by atoms with Gasteiger partial charge in [-0.05, 0) is 25.7 Å². The van der Waals surface area contributed by atoms with E-state index < -0.39 is 0 Å². The predicted octanol–water partition coefficient (Wildman–Crippen LogP) is 2.63. The standard InChI is InChI=1S/C10H19NO/c1-5-9-8(4)12-10(11-9)6-7(2)3/h7-8,10H,5-6H2,1-4H3. The molecule has 2 heteroatoms. The number of ether oxygens (including phenoxy) is 1. The van der Waals surface area contributed by atoms with Gasteiger partial charge in [0.15, 0.2) is 0 Å². The van der Waals surface area contributed by atoms with Gasteiger partial charge in [0.05, 0.1) is 6.10 Å². The van der Waals surface area contributed by atoms with E-state index in [9.17, 15) is 0 Å². The highest BCUT2D eigenvalue weighted by Crippen LogP contribution is 2.19. The van der Waals surface area contributed by atoms with Gasteiger partial charge in [0.25, 0.3) is 0 Å². The Kier molecular flexibility index (Phi) is 3.27. The highest BCUT2D eigenvalue weighted by molar-refractivity contribution is 5.89. The van der Waals surface area contributed by atoms with Crippen molar-refractivity contribution in [1.29, 1.82) is 0 Å². The van der Waals surface area contributed by atoms with Crippen molar-refractivity contribution in [2.45, 2.75) is 52.9 Å². The average Bonchev–Trinajstić information content (AvgIpc) is 2.29. The maximum atomic E-state index is 5.67. The van der Waals surface area contributed by atoms with Gasteiger partial charge < -0.3 is 4.74 Å². The molecule has 0 spiro atoms. The lowest BCUT2D eigenvalue weighted by Crippen LogP contribution is -2.15. The summed E-state index contributed by atoms with van der Waals surface area (Å²) in [5.41, 5.74) is 1.22. The van der Waals surface area contributed by atoms with E-state index in [0.29, 0.717) is 5.92 Å². The van der Waals surface area contributed by atoms with Crippen LogP contribution in [0.4, 0.5) is 0 Å². The van der Waals surface area contributed by atoms with Gasteiger partial charge in [-0.15, -0.1) is 0 Å². The second-order valence-electron chi connectivity index (χ2n) is 3.84. The van der Waals surface area contributed by atoms with Crippen molar-refractivity contribution in [1.82, 2.24) is 0 Å². The zero-order valence-electron chi connectivity index (χ0n) is 8.50. The van der Waals surface area contributed by atoms with E-state index in [2.05, 4.69) is 32.7 Å². The third kappa shape index (κ3) is 2.31. The molecule has 0 aliphatic carbocycles. The minimum atomic E-state index is 0.134. The Morgan fingerprint density at radius 1 is 1.50 bits per heavy atom. The highest BCUT2D eigenvalue weighted by atomic mass is 16.5. The molecule has 0 saturated heterocycles. The summed E-state index contributed by atoms with van der Waals surface area (Å²) in [6.07, 6.45) is 2.46. The van der Waals surface area contributed by atoms with Crippen LogP contribution >= 0.6 is 0 Å². The van der Waals surface area contributed by atoms with E-state index in [1.54, 1.807) is 0 Å². The summed E-state index contributed by atoms with van der Waals surface area (Å²) >= 11 is 0. The van der Waals surface area contributed by atoms with Crippen LogP contribution in [0, 0.1) is 5.92 Å². The first-order chi connectivity index (χ1) is 5.63.